The summed E-state index contributed by atoms with van der Waals surface area (Å²) in [6, 6.07) is 4.25. The fourth-order valence-corrected chi connectivity index (χ4v) is 1.80. The van der Waals surface area contributed by atoms with E-state index >= 15 is 0 Å². The summed E-state index contributed by atoms with van der Waals surface area (Å²) < 4.78 is 18.4. The highest BCUT2D eigenvalue weighted by molar-refractivity contribution is 14.1. The molecule has 2 aromatic rings. The van der Waals surface area contributed by atoms with Crippen LogP contribution in [0, 0.1) is 9.39 Å². The Kier molecular flexibility index (Phi) is 2.96. The summed E-state index contributed by atoms with van der Waals surface area (Å²) in [4.78, 5) is 3.93. The van der Waals surface area contributed by atoms with Crippen LogP contribution >= 0.6 is 22.6 Å². The van der Waals surface area contributed by atoms with E-state index in [1.807, 2.05) is 22.6 Å². The van der Waals surface area contributed by atoms with E-state index in [2.05, 4.69) is 10.1 Å². The van der Waals surface area contributed by atoms with Crippen molar-refractivity contribution >= 4 is 22.6 Å². The largest absolute Gasteiger partial charge is 0.388 e. The molecular formula is C9H6FIN2O2. The van der Waals surface area contributed by atoms with Gasteiger partial charge in [0.1, 0.15) is 12.4 Å². The third-order valence-corrected chi connectivity index (χ3v) is 2.66. The molecule has 0 aliphatic carbocycles. The average Bonchev–Trinajstić information content (AvgIpc) is 2.66. The fraction of sp³-hybridized carbons (Fsp3) is 0.111. The van der Waals surface area contributed by atoms with Crippen molar-refractivity contribution in [2.75, 3.05) is 0 Å². The Labute approximate surface area is 98.3 Å². The van der Waals surface area contributed by atoms with Crippen LogP contribution in [0.2, 0.25) is 0 Å². The van der Waals surface area contributed by atoms with E-state index in [-0.39, 0.29) is 24.1 Å². The predicted octanol–water partition coefficient (Wildman–Crippen LogP) is 1.97. The maximum Gasteiger partial charge on any atom is 0.259 e. The highest BCUT2D eigenvalue weighted by atomic mass is 127. The second-order valence-corrected chi connectivity index (χ2v) is 3.96. The summed E-state index contributed by atoms with van der Waals surface area (Å²) in [6.07, 6.45) is 0. The molecule has 0 spiro atoms. The van der Waals surface area contributed by atoms with Crippen molar-refractivity contribution in [2.45, 2.75) is 6.61 Å². The molecule has 0 fully saturated rings. The number of hydrogen-bond acceptors (Lipinski definition) is 4. The summed E-state index contributed by atoms with van der Waals surface area (Å²) in [6.45, 7) is -0.277. The van der Waals surface area contributed by atoms with Crippen molar-refractivity contribution in [1.29, 1.82) is 0 Å². The van der Waals surface area contributed by atoms with Gasteiger partial charge >= 0.3 is 0 Å². The summed E-state index contributed by atoms with van der Waals surface area (Å²) in [7, 11) is 0. The van der Waals surface area contributed by atoms with Gasteiger partial charge < -0.3 is 9.63 Å². The molecule has 0 saturated heterocycles. The first-order chi connectivity index (χ1) is 7.20. The van der Waals surface area contributed by atoms with Crippen molar-refractivity contribution < 1.29 is 14.0 Å². The summed E-state index contributed by atoms with van der Waals surface area (Å²) in [5.41, 5.74) is 0.657. The van der Waals surface area contributed by atoms with Gasteiger partial charge in [0.25, 0.3) is 5.89 Å². The van der Waals surface area contributed by atoms with Gasteiger partial charge in [-0.15, -0.1) is 0 Å². The predicted molar refractivity (Wildman–Crippen MR) is 58.3 cm³/mol. The lowest BCUT2D eigenvalue weighted by Gasteiger charge is -1.97. The van der Waals surface area contributed by atoms with Gasteiger partial charge in [-0.25, -0.2) is 4.39 Å². The molecule has 1 aromatic heterocycles. The molecule has 2 rings (SSSR count). The van der Waals surface area contributed by atoms with E-state index in [0.29, 0.717) is 9.13 Å². The van der Waals surface area contributed by atoms with Gasteiger partial charge in [-0.1, -0.05) is 5.16 Å². The fourth-order valence-electron chi connectivity index (χ4n) is 1.09. The lowest BCUT2D eigenvalue weighted by atomic mass is 10.2. The number of nitrogens with zero attached hydrogens (tertiary/aromatic N) is 2. The summed E-state index contributed by atoms with van der Waals surface area (Å²) in [5.74, 6) is 0.179. The zero-order valence-electron chi connectivity index (χ0n) is 7.44. The van der Waals surface area contributed by atoms with Crippen LogP contribution in [-0.4, -0.2) is 15.2 Å². The zero-order chi connectivity index (χ0) is 10.8. The highest BCUT2D eigenvalue weighted by Gasteiger charge is 2.11. The average molecular weight is 320 g/mol. The number of halogens is 2. The number of aliphatic hydroxyl groups is 1. The van der Waals surface area contributed by atoms with Crippen LogP contribution < -0.4 is 0 Å². The molecule has 6 heteroatoms. The maximum atomic E-state index is 12.8. The lowest BCUT2D eigenvalue weighted by molar-refractivity contribution is 0.264. The van der Waals surface area contributed by atoms with Crippen LogP contribution in [0.4, 0.5) is 4.39 Å². The molecule has 0 aliphatic rings. The lowest BCUT2D eigenvalue weighted by Crippen LogP contribution is -1.87. The van der Waals surface area contributed by atoms with Crippen LogP contribution in [0.1, 0.15) is 5.82 Å². The third-order valence-electron chi connectivity index (χ3n) is 1.77. The number of hydrogen-bond donors (Lipinski definition) is 1. The van der Waals surface area contributed by atoms with E-state index in [1.165, 1.54) is 12.1 Å². The molecule has 1 aromatic carbocycles. The molecule has 1 N–H and O–H groups in total. The monoisotopic (exact) mass is 320 g/mol. The topological polar surface area (TPSA) is 59.2 Å². The van der Waals surface area contributed by atoms with Gasteiger partial charge in [-0.3, -0.25) is 0 Å². The van der Waals surface area contributed by atoms with Gasteiger partial charge in [-0.2, -0.15) is 4.98 Å². The number of aliphatic hydroxyl groups excluding tert-OH is 1. The summed E-state index contributed by atoms with van der Waals surface area (Å²) in [5, 5.41) is 12.3. The first-order valence-corrected chi connectivity index (χ1v) is 5.17. The Hall–Kier alpha value is -1.02. The minimum absolute atomic E-state index is 0.213. The molecule has 1 heterocycles. The first kappa shape index (κ1) is 10.5. The Balaban J connectivity index is 2.44. The van der Waals surface area contributed by atoms with Gasteiger partial charge in [0, 0.05) is 3.57 Å². The smallest absolute Gasteiger partial charge is 0.259 e. The first-order valence-electron chi connectivity index (χ1n) is 4.09. The van der Waals surface area contributed by atoms with Gasteiger partial charge in [-0.05, 0) is 40.8 Å². The van der Waals surface area contributed by atoms with Crippen molar-refractivity contribution in [3.63, 3.8) is 0 Å². The Bertz CT molecular complexity index is 487. The van der Waals surface area contributed by atoms with E-state index < -0.39 is 0 Å². The minimum Gasteiger partial charge on any atom is -0.388 e. The van der Waals surface area contributed by atoms with Crippen LogP contribution in [-0.2, 0) is 6.61 Å². The van der Waals surface area contributed by atoms with Crippen molar-refractivity contribution in [1.82, 2.24) is 10.1 Å². The number of rotatable bonds is 2. The molecule has 15 heavy (non-hydrogen) atoms. The van der Waals surface area contributed by atoms with E-state index in [9.17, 15) is 4.39 Å². The Morgan fingerprint density at radius 3 is 2.87 bits per heavy atom. The van der Waals surface area contributed by atoms with Crippen LogP contribution in [0.15, 0.2) is 22.7 Å². The van der Waals surface area contributed by atoms with Gasteiger partial charge in [0.05, 0.1) is 5.56 Å². The molecule has 0 radical (unpaired) electrons. The molecule has 78 valence electrons. The van der Waals surface area contributed by atoms with Crippen molar-refractivity contribution in [3.8, 4) is 11.5 Å². The number of benzene rings is 1. The van der Waals surface area contributed by atoms with Gasteiger partial charge in [0.15, 0.2) is 5.82 Å². The van der Waals surface area contributed by atoms with Gasteiger partial charge in [0.2, 0.25) is 0 Å². The molecule has 0 unspecified atom stereocenters. The second kappa shape index (κ2) is 4.23. The van der Waals surface area contributed by atoms with Crippen LogP contribution in [0.25, 0.3) is 11.5 Å². The molecule has 0 aliphatic heterocycles. The minimum atomic E-state index is -0.315. The van der Waals surface area contributed by atoms with E-state index in [4.69, 9.17) is 9.63 Å². The highest BCUT2D eigenvalue weighted by Crippen LogP contribution is 2.24. The maximum absolute atomic E-state index is 12.8. The van der Waals surface area contributed by atoms with Crippen molar-refractivity contribution in [3.05, 3.63) is 33.4 Å². The standard InChI is InChI=1S/C9H6FIN2O2/c10-5-1-2-6(7(11)3-5)9-12-8(4-14)13-15-9/h1-3,14H,4H2. The van der Waals surface area contributed by atoms with E-state index in [1.54, 1.807) is 6.07 Å². The molecule has 4 nitrogen and oxygen atoms in total. The van der Waals surface area contributed by atoms with Crippen LogP contribution in [0.3, 0.4) is 0 Å². The number of aromatic nitrogens is 2. The Morgan fingerprint density at radius 1 is 1.47 bits per heavy atom. The van der Waals surface area contributed by atoms with Crippen molar-refractivity contribution in [2.24, 2.45) is 0 Å². The second-order valence-electron chi connectivity index (χ2n) is 2.80. The van der Waals surface area contributed by atoms with Crippen LogP contribution in [0.5, 0.6) is 0 Å². The molecule has 0 amide bonds. The quantitative estimate of drug-likeness (QED) is 0.860. The molecule has 0 bridgehead atoms. The third kappa shape index (κ3) is 2.15. The Morgan fingerprint density at radius 2 is 2.27 bits per heavy atom. The molecule has 0 atom stereocenters. The zero-order valence-corrected chi connectivity index (χ0v) is 9.60. The van der Waals surface area contributed by atoms with E-state index in [0.717, 1.165) is 0 Å². The molecule has 0 saturated carbocycles. The molecular weight excluding hydrogens is 314 g/mol. The normalized spacial score (nSPS) is 10.6. The SMILES string of the molecule is OCc1noc(-c2ccc(F)cc2I)n1. The summed E-state index contributed by atoms with van der Waals surface area (Å²) >= 11 is 1.98.